The first kappa shape index (κ1) is 19.0. The Bertz CT molecular complexity index is 228. The summed E-state index contributed by atoms with van der Waals surface area (Å²) in [5.41, 5.74) is 0.979. The van der Waals surface area contributed by atoms with E-state index in [2.05, 4.69) is 74.6 Å². The zero-order valence-corrected chi connectivity index (χ0v) is 15.3. The smallest absolute Gasteiger partial charge is 0.0229 e. The van der Waals surface area contributed by atoms with E-state index in [-0.39, 0.29) is 21.9 Å². The molecule has 19 heavy (non-hydrogen) atoms. The summed E-state index contributed by atoms with van der Waals surface area (Å²) in [5, 5.41) is 4.16. The van der Waals surface area contributed by atoms with Crippen LogP contribution in [0.5, 0.6) is 0 Å². The zero-order valence-electron chi connectivity index (χ0n) is 15.3. The predicted molar refractivity (Wildman–Crippen MR) is 88.7 cm³/mol. The SMILES string of the molecule is CCC(CC)(NC(CC)(CC)C(C)(C)C)C(C)(C)C. The molecule has 1 nitrogen and oxygen atoms in total. The molecule has 0 aromatic heterocycles. The number of nitrogens with one attached hydrogen (secondary N) is 1. The van der Waals surface area contributed by atoms with Crippen LogP contribution >= 0.6 is 0 Å². The van der Waals surface area contributed by atoms with E-state index >= 15 is 0 Å². The second-order valence-corrected chi connectivity index (χ2v) is 8.20. The second kappa shape index (κ2) is 6.16. The largest absolute Gasteiger partial charge is 0.305 e. The molecule has 0 amide bonds. The highest BCUT2D eigenvalue weighted by Gasteiger charge is 2.48. The molecule has 0 fully saturated rings. The molecule has 0 radical (unpaired) electrons. The Balaban J connectivity index is 5.66. The van der Waals surface area contributed by atoms with Crippen LogP contribution in [0.4, 0.5) is 0 Å². The van der Waals surface area contributed by atoms with Crippen molar-refractivity contribution >= 4 is 0 Å². The van der Waals surface area contributed by atoms with Gasteiger partial charge in [0.15, 0.2) is 0 Å². The van der Waals surface area contributed by atoms with Gasteiger partial charge in [-0.3, -0.25) is 0 Å². The number of hydrogen-bond acceptors (Lipinski definition) is 1. The molecule has 0 aliphatic heterocycles. The van der Waals surface area contributed by atoms with Crippen molar-refractivity contribution in [1.29, 1.82) is 0 Å². The highest BCUT2D eigenvalue weighted by atomic mass is 15.1. The van der Waals surface area contributed by atoms with Crippen LogP contribution in [0.2, 0.25) is 0 Å². The minimum atomic E-state index is 0.215. The average molecular weight is 270 g/mol. The molecule has 0 saturated heterocycles. The van der Waals surface area contributed by atoms with Crippen molar-refractivity contribution in [3.05, 3.63) is 0 Å². The van der Waals surface area contributed by atoms with E-state index in [4.69, 9.17) is 0 Å². The maximum Gasteiger partial charge on any atom is 0.0229 e. The van der Waals surface area contributed by atoms with Gasteiger partial charge in [-0.05, 0) is 36.5 Å². The van der Waals surface area contributed by atoms with Gasteiger partial charge in [0.1, 0.15) is 0 Å². The van der Waals surface area contributed by atoms with Crippen LogP contribution in [-0.2, 0) is 0 Å². The van der Waals surface area contributed by atoms with Crippen LogP contribution in [-0.4, -0.2) is 11.1 Å². The molecule has 0 bridgehead atoms. The van der Waals surface area contributed by atoms with E-state index in [9.17, 15) is 0 Å². The summed E-state index contributed by atoms with van der Waals surface area (Å²) in [4.78, 5) is 0. The minimum absolute atomic E-state index is 0.215. The predicted octanol–water partition coefficient (Wildman–Crippen LogP) is 5.79. The molecule has 0 atom stereocenters. The third-order valence-electron chi connectivity index (χ3n) is 5.76. The third kappa shape index (κ3) is 3.54. The van der Waals surface area contributed by atoms with Crippen LogP contribution in [0.25, 0.3) is 0 Å². The highest BCUT2D eigenvalue weighted by molar-refractivity contribution is 5.06. The molecule has 0 heterocycles. The zero-order chi connectivity index (χ0) is 15.5. The van der Waals surface area contributed by atoms with Crippen molar-refractivity contribution in [3.8, 4) is 0 Å². The average Bonchev–Trinajstić information content (AvgIpc) is 2.28. The van der Waals surface area contributed by atoms with Crippen molar-refractivity contribution in [2.75, 3.05) is 0 Å². The van der Waals surface area contributed by atoms with Crippen LogP contribution in [0.15, 0.2) is 0 Å². The normalized spacial score (nSPS) is 14.8. The van der Waals surface area contributed by atoms with Gasteiger partial charge in [-0.1, -0.05) is 69.2 Å². The number of rotatable bonds is 6. The maximum absolute atomic E-state index is 4.16. The second-order valence-electron chi connectivity index (χ2n) is 8.20. The first-order valence-corrected chi connectivity index (χ1v) is 8.24. The summed E-state index contributed by atoms with van der Waals surface area (Å²) in [5.74, 6) is 0. The molecule has 0 aliphatic carbocycles. The third-order valence-corrected chi connectivity index (χ3v) is 5.76. The minimum Gasteiger partial charge on any atom is -0.305 e. The van der Waals surface area contributed by atoms with Gasteiger partial charge in [0.2, 0.25) is 0 Å². The molecule has 116 valence electrons. The molecule has 0 saturated carbocycles. The molecule has 0 spiro atoms. The van der Waals surface area contributed by atoms with E-state index in [1.54, 1.807) is 0 Å². The first-order chi connectivity index (χ1) is 8.45. The molecule has 0 unspecified atom stereocenters. The van der Waals surface area contributed by atoms with Gasteiger partial charge < -0.3 is 5.32 Å². The van der Waals surface area contributed by atoms with Crippen molar-refractivity contribution in [2.24, 2.45) is 10.8 Å². The summed E-state index contributed by atoms with van der Waals surface area (Å²) in [6.45, 7) is 23.6. The van der Waals surface area contributed by atoms with Gasteiger partial charge in [0, 0.05) is 11.1 Å². The Hall–Kier alpha value is -0.0400. The lowest BCUT2D eigenvalue weighted by atomic mass is 9.64. The van der Waals surface area contributed by atoms with Crippen LogP contribution < -0.4 is 5.32 Å². The van der Waals surface area contributed by atoms with Crippen LogP contribution in [0.1, 0.15) is 94.9 Å². The molecular weight excluding hydrogens is 230 g/mol. The lowest BCUT2D eigenvalue weighted by molar-refractivity contribution is 0.0184. The fourth-order valence-electron chi connectivity index (χ4n) is 3.81. The lowest BCUT2D eigenvalue weighted by Crippen LogP contribution is -2.67. The Labute approximate surface area is 122 Å². The molecule has 0 aromatic carbocycles. The van der Waals surface area contributed by atoms with Crippen LogP contribution in [0.3, 0.4) is 0 Å². The van der Waals surface area contributed by atoms with Gasteiger partial charge in [0.25, 0.3) is 0 Å². The quantitative estimate of drug-likeness (QED) is 0.644. The summed E-state index contributed by atoms with van der Waals surface area (Å²) >= 11 is 0. The number of hydrogen-bond donors (Lipinski definition) is 1. The molecule has 0 aliphatic rings. The molecule has 1 heteroatoms. The fourth-order valence-corrected chi connectivity index (χ4v) is 3.81. The Morgan fingerprint density at radius 1 is 0.526 bits per heavy atom. The van der Waals surface area contributed by atoms with Crippen molar-refractivity contribution < 1.29 is 0 Å². The summed E-state index contributed by atoms with van der Waals surface area (Å²) in [6.07, 6.45) is 4.74. The van der Waals surface area contributed by atoms with E-state index in [0.29, 0.717) is 0 Å². The Morgan fingerprint density at radius 3 is 0.842 bits per heavy atom. The topological polar surface area (TPSA) is 12.0 Å². The Kier molecular flexibility index (Phi) is 6.15. The van der Waals surface area contributed by atoms with E-state index in [0.717, 1.165) is 0 Å². The fraction of sp³-hybridized carbons (Fsp3) is 1.00. The lowest BCUT2D eigenvalue weighted by Gasteiger charge is -2.56. The van der Waals surface area contributed by atoms with E-state index in [1.807, 2.05) is 0 Å². The van der Waals surface area contributed by atoms with Crippen molar-refractivity contribution in [1.82, 2.24) is 5.32 Å². The summed E-state index contributed by atoms with van der Waals surface area (Å²) < 4.78 is 0. The van der Waals surface area contributed by atoms with E-state index in [1.165, 1.54) is 25.7 Å². The Morgan fingerprint density at radius 2 is 0.737 bits per heavy atom. The van der Waals surface area contributed by atoms with Crippen LogP contribution in [0, 0.1) is 10.8 Å². The van der Waals surface area contributed by atoms with Gasteiger partial charge in [-0.25, -0.2) is 0 Å². The van der Waals surface area contributed by atoms with Gasteiger partial charge in [-0.15, -0.1) is 0 Å². The monoisotopic (exact) mass is 269 g/mol. The van der Waals surface area contributed by atoms with Crippen molar-refractivity contribution in [2.45, 2.75) is 106 Å². The summed E-state index contributed by atoms with van der Waals surface area (Å²) in [6, 6.07) is 0. The summed E-state index contributed by atoms with van der Waals surface area (Å²) in [7, 11) is 0. The van der Waals surface area contributed by atoms with Gasteiger partial charge >= 0.3 is 0 Å². The molecular formula is C18H39N. The van der Waals surface area contributed by atoms with Crippen molar-refractivity contribution in [3.63, 3.8) is 0 Å². The molecule has 0 aromatic rings. The van der Waals surface area contributed by atoms with E-state index < -0.39 is 0 Å². The molecule has 1 N–H and O–H groups in total. The first-order valence-electron chi connectivity index (χ1n) is 8.24. The molecule has 0 rings (SSSR count). The maximum atomic E-state index is 4.16. The highest BCUT2D eigenvalue weighted by Crippen LogP contribution is 2.44. The van der Waals surface area contributed by atoms with Gasteiger partial charge in [0.05, 0.1) is 0 Å². The van der Waals surface area contributed by atoms with Gasteiger partial charge in [-0.2, -0.15) is 0 Å². The standard InChI is InChI=1S/C18H39N/c1-11-17(12-2,15(5,6)7)19-18(13-3,14-4)16(8,9)10/h19H,11-14H2,1-10H3.